The van der Waals surface area contributed by atoms with Gasteiger partial charge in [0.05, 0.1) is 26.2 Å². The van der Waals surface area contributed by atoms with Crippen molar-refractivity contribution < 1.29 is 14.3 Å². The molecule has 0 spiro atoms. The number of anilines is 1. The molecule has 26 heavy (non-hydrogen) atoms. The molecule has 2 N–H and O–H groups in total. The van der Waals surface area contributed by atoms with E-state index in [1.54, 1.807) is 43.8 Å². The minimum atomic E-state index is -0.0342. The van der Waals surface area contributed by atoms with E-state index in [0.29, 0.717) is 36.0 Å². The van der Waals surface area contributed by atoms with Gasteiger partial charge in [-0.25, -0.2) is 9.97 Å². The van der Waals surface area contributed by atoms with Gasteiger partial charge in [0, 0.05) is 17.0 Å². The Bertz CT molecular complexity index is 1000. The Balaban J connectivity index is 1.64. The van der Waals surface area contributed by atoms with Crippen molar-refractivity contribution in [3.05, 3.63) is 40.5 Å². The number of hydrogen-bond acceptors (Lipinski definition) is 7. The summed E-state index contributed by atoms with van der Waals surface area (Å²) >= 11 is 1.57. The Morgan fingerprint density at radius 2 is 2.04 bits per heavy atom. The molecule has 0 aliphatic carbocycles. The largest absolute Gasteiger partial charge is 0.493 e. The van der Waals surface area contributed by atoms with Gasteiger partial charge in [-0.1, -0.05) is 0 Å². The highest BCUT2D eigenvalue weighted by molar-refractivity contribution is 7.19. The van der Waals surface area contributed by atoms with Gasteiger partial charge >= 0.3 is 0 Å². The van der Waals surface area contributed by atoms with Gasteiger partial charge < -0.3 is 20.1 Å². The standard InChI is InChI=1S/C18H18N4O3S/c1-24-12-4-3-10(7-13(12)25-2)18(23)22-6-5-11-14(8-22)26-17-15(11)16(19)20-9-21-17/h3-4,7,9H,5-6,8H2,1-2H3,(H2,19,20,21). The van der Waals surface area contributed by atoms with Gasteiger partial charge in [0.1, 0.15) is 17.0 Å². The molecular formula is C18H18N4O3S. The predicted octanol–water partition coefficient (Wildman–Crippen LogP) is 2.49. The van der Waals surface area contributed by atoms with Crippen molar-refractivity contribution in [1.29, 1.82) is 0 Å². The van der Waals surface area contributed by atoms with Crippen LogP contribution in [-0.2, 0) is 13.0 Å². The summed E-state index contributed by atoms with van der Waals surface area (Å²) in [6.45, 7) is 1.17. The van der Waals surface area contributed by atoms with E-state index >= 15 is 0 Å². The van der Waals surface area contributed by atoms with Crippen molar-refractivity contribution in [3.8, 4) is 11.5 Å². The maximum Gasteiger partial charge on any atom is 0.254 e. The molecule has 134 valence electrons. The van der Waals surface area contributed by atoms with E-state index in [9.17, 15) is 4.79 Å². The molecule has 3 heterocycles. The molecule has 0 bridgehead atoms. The van der Waals surface area contributed by atoms with E-state index in [1.807, 2.05) is 4.90 Å². The molecule has 1 aliphatic rings. The second kappa shape index (κ2) is 6.45. The lowest BCUT2D eigenvalue weighted by Crippen LogP contribution is -2.35. The highest BCUT2D eigenvalue weighted by Gasteiger charge is 2.27. The minimum Gasteiger partial charge on any atom is -0.493 e. The Kier molecular flexibility index (Phi) is 4.12. The molecule has 0 atom stereocenters. The number of fused-ring (bicyclic) bond motifs is 3. The maximum absolute atomic E-state index is 12.9. The number of amides is 1. The number of ether oxygens (including phenoxy) is 2. The molecule has 4 rings (SSSR count). The van der Waals surface area contributed by atoms with Crippen LogP contribution < -0.4 is 15.2 Å². The first kappa shape index (κ1) is 16.6. The van der Waals surface area contributed by atoms with Crippen LogP contribution in [0.1, 0.15) is 20.8 Å². The fourth-order valence-electron chi connectivity index (χ4n) is 3.28. The number of hydrogen-bond donors (Lipinski definition) is 1. The number of nitrogens with two attached hydrogens (primary N) is 1. The van der Waals surface area contributed by atoms with Gasteiger partial charge in [-0.2, -0.15) is 0 Å². The average molecular weight is 370 g/mol. The van der Waals surface area contributed by atoms with Crippen molar-refractivity contribution in [2.75, 3.05) is 26.5 Å². The Hall–Kier alpha value is -2.87. The van der Waals surface area contributed by atoms with Crippen molar-refractivity contribution >= 4 is 33.3 Å². The highest BCUT2D eigenvalue weighted by Crippen LogP contribution is 2.37. The summed E-state index contributed by atoms with van der Waals surface area (Å²) in [5, 5.41) is 0.936. The van der Waals surface area contributed by atoms with Crippen LogP contribution >= 0.6 is 11.3 Å². The first-order valence-electron chi connectivity index (χ1n) is 8.14. The molecule has 0 saturated carbocycles. The number of benzene rings is 1. The van der Waals surface area contributed by atoms with Crippen molar-refractivity contribution in [2.45, 2.75) is 13.0 Å². The summed E-state index contributed by atoms with van der Waals surface area (Å²) in [6, 6.07) is 5.22. The Labute approximate surface area is 154 Å². The highest BCUT2D eigenvalue weighted by atomic mass is 32.1. The van der Waals surface area contributed by atoms with E-state index in [1.165, 1.54) is 11.9 Å². The van der Waals surface area contributed by atoms with Crippen LogP contribution in [-0.4, -0.2) is 41.5 Å². The Morgan fingerprint density at radius 1 is 1.23 bits per heavy atom. The van der Waals surface area contributed by atoms with Crippen LogP contribution in [0.3, 0.4) is 0 Å². The molecule has 3 aromatic rings. The molecule has 8 heteroatoms. The summed E-state index contributed by atoms with van der Waals surface area (Å²) in [4.78, 5) is 25.2. The van der Waals surface area contributed by atoms with E-state index in [2.05, 4.69) is 9.97 Å². The summed E-state index contributed by atoms with van der Waals surface area (Å²) in [5.74, 6) is 1.62. The molecule has 0 fully saturated rings. The molecule has 0 unspecified atom stereocenters. The second-order valence-electron chi connectivity index (χ2n) is 5.99. The van der Waals surface area contributed by atoms with Crippen LogP contribution in [0.2, 0.25) is 0 Å². The van der Waals surface area contributed by atoms with Gasteiger partial charge in [0.2, 0.25) is 0 Å². The lowest BCUT2D eigenvalue weighted by Gasteiger charge is -2.27. The number of thiophene rings is 1. The molecule has 1 amide bonds. The van der Waals surface area contributed by atoms with Gasteiger partial charge in [-0.05, 0) is 30.2 Å². The van der Waals surface area contributed by atoms with Crippen molar-refractivity contribution in [3.63, 3.8) is 0 Å². The van der Waals surface area contributed by atoms with E-state index in [4.69, 9.17) is 15.2 Å². The second-order valence-corrected chi connectivity index (χ2v) is 7.07. The van der Waals surface area contributed by atoms with Gasteiger partial charge in [0.15, 0.2) is 11.5 Å². The molecular weight excluding hydrogens is 352 g/mol. The summed E-state index contributed by atoms with van der Waals surface area (Å²) < 4.78 is 10.5. The van der Waals surface area contributed by atoms with E-state index in [0.717, 1.165) is 21.5 Å². The fraction of sp³-hybridized carbons (Fsp3) is 0.278. The monoisotopic (exact) mass is 370 g/mol. The minimum absolute atomic E-state index is 0.0342. The van der Waals surface area contributed by atoms with Crippen LogP contribution in [0, 0.1) is 0 Å². The quantitative estimate of drug-likeness (QED) is 0.762. The summed E-state index contributed by atoms with van der Waals surface area (Å²) in [5.41, 5.74) is 7.76. The summed E-state index contributed by atoms with van der Waals surface area (Å²) in [6.07, 6.45) is 2.22. The van der Waals surface area contributed by atoms with E-state index in [-0.39, 0.29) is 5.91 Å². The first-order valence-corrected chi connectivity index (χ1v) is 8.96. The zero-order chi connectivity index (χ0) is 18.3. The predicted molar refractivity (Wildman–Crippen MR) is 99.8 cm³/mol. The molecule has 7 nitrogen and oxygen atoms in total. The average Bonchev–Trinajstić information content (AvgIpc) is 3.05. The van der Waals surface area contributed by atoms with Crippen molar-refractivity contribution in [2.24, 2.45) is 0 Å². The van der Waals surface area contributed by atoms with Crippen molar-refractivity contribution in [1.82, 2.24) is 14.9 Å². The van der Waals surface area contributed by atoms with Gasteiger partial charge in [-0.15, -0.1) is 11.3 Å². The lowest BCUT2D eigenvalue weighted by molar-refractivity contribution is 0.0737. The number of methoxy groups -OCH3 is 2. The first-order chi connectivity index (χ1) is 12.6. The molecule has 1 aliphatic heterocycles. The zero-order valence-corrected chi connectivity index (χ0v) is 15.3. The van der Waals surface area contributed by atoms with Crippen LogP contribution in [0.25, 0.3) is 10.2 Å². The fourth-order valence-corrected chi connectivity index (χ4v) is 4.49. The number of carbonyl (C=O) groups is 1. The van der Waals surface area contributed by atoms with Crippen LogP contribution in [0.4, 0.5) is 5.82 Å². The number of nitrogen functional groups attached to an aromatic ring is 1. The van der Waals surface area contributed by atoms with Crippen LogP contribution in [0.5, 0.6) is 11.5 Å². The summed E-state index contributed by atoms with van der Waals surface area (Å²) in [7, 11) is 3.13. The zero-order valence-electron chi connectivity index (χ0n) is 14.5. The Morgan fingerprint density at radius 3 is 2.81 bits per heavy atom. The number of aromatic nitrogens is 2. The number of nitrogens with zero attached hydrogens (tertiary/aromatic N) is 3. The maximum atomic E-state index is 12.9. The topological polar surface area (TPSA) is 90.6 Å². The lowest BCUT2D eigenvalue weighted by atomic mass is 10.0. The third kappa shape index (κ3) is 2.62. The van der Waals surface area contributed by atoms with Gasteiger partial charge in [-0.3, -0.25) is 4.79 Å². The number of carbonyl (C=O) groups excluding carboxylic acids is 1. The molecule has 0 saturated heterocycles. The SMILES string of the molecule is COc1ccc(C(=O)N2CCc3c(sc4ncnc(N)c34)C2)cc1OC. The molecule has 2 aromatic heterocycles. The normalized spacial score (nSPS) is 13.5. The molecule has 1 aromatic carbocycles. The molecule has 0 radical (unpaired) electrons. The smallest absolute Gasteiger partial charge is 0.254 e. The van der Waals surface area contributed by atoms with Crippen LogP contribution in [0.15, 0.2) is 24.5 Å². The third-order valence-corrected chi connectivity index (χ3v) is 5.71. The van der Waals surface area contributed by atoms with E-state index < -0.39 is 0 Å². The third-order valence-electron chi connectivity index (χ3n) is 4.58. The van der Waals surface area contributed by atoms with Gasteiger partial charge in [0.25, 0.3) is 5.91 Å². The number of rotatable bonds is 3.